The van der Waals surface area contributed by atoms with Crippen molar-refractivity contribution in [3.8, 4) is 0 Å². The first kappa shape index (κ1) is 13.1. The quantitative estimate of drug-likeness (QED) is 0.716. The minimum atomic E-state index is -0.686. The molecule has 0 fully saturated rings. The minimum absolute atomic E-state index is 0.278. The average Bonchev–Trinajstić information content (AvgIpc) is 2.03. The Morgan fingerprint density at radius 3 is 2.08 bits per heavy atom. The molecular weight excluding hydrogens is 182 g/mol. The summed E-state index contributed by atoms with van der Waals surface area (Å²) < 4.78 is 11.6. The Kier molecular flexibility index (Phi) is 6.60. The maximum absolute atomic E-state index is 11.6. The van der Waals surface area contributed by atoms with Crippen LogP contribution < -0.4 is 5.32 Å². The second-order valence-corrected chi connectivity index (χ2v) is 6.04. The van der Waals surface area contributed by atoms with Gasteiger partial charge in [-0.05, 0) is 12.5 Å². The first-order chi connectivity index (χ1) is 5.99. The summed E-state index contributed by atoms with van der Waals surface area (Å²) in [7, 11) is -0.686. The summed E-state index contributed by atoms with van der Waals surface area (Å²) >= 11 is 0. The van der Waals surface area contributed by atoms with Crippen molar-refractivity contribution in [2.45, 2.75) is 45.9 Å². The van der Waals surface area contributed by atoms with Crippen molar-refractivity contribution in [1.29, 1.82) is 0 Å². The Hall–Kier alpha value is 0.110. The molecule has 0 aromatic rings. The van der Waals surface area contributed by atoms with Crippen molar-refractivity contribution in [2.24, 2.45) is 5.92 Å². The first-order valence-corrected chi connectivity index (χ1v) is 6.47. The molecule has 0 aromatic heterocycles. The molecule has 2 unspecified atom stereocenters. The molecule has 0 rings (SSSR count). The van der Waals surface area contributed by atoms with E-state index < -0.39 is 10.8 Å². The number of hydrogen-bond acceptors (Lipinski definition) is 2. The maximum Gasteiger partial charge on any atom is 0.0393 e. The van der Waals surface area contributed by atoms with Gasteiger partial charge < -0.3 is 5.32 Å². The summed E-state index contributed by atoms with van der Waals surface area (Å²) in [6.45, 7) is 11.4. The molecule has 2 nitrogen and oxygen atoms in total. The first-order valence-electron chi connectivity index (χ1n) is 5.09. The lowest BCUT2D eigenvalue weighted by Crippen LogP contribution is -2.39. The van der Waals surface area contributed by atoms with Crippen molar-refractivity contribution in [2.75, 3.05) is 12.3 Å². The molecule has 0 radical (unpaired) electrons. The van der Waals surface area contributed by atoms with Crippen LogP contribution in [-0.4, -0.2) is 27.8 Å². The van der Waals surface area contributed by atoms with E-state index in [0.29, 0.717) is 12.0 Å². The second-order valence-electron chi connectivity index (χ2n) is 4.00. The molecular formula is C10H23NOS. The lowest BCUT2D eigenvalue weighted by molar-refractivity contribution is 0.440. The summed E-state index contributed by atoms with van der Waals surface area (Å²) in [4.78, 5) is 0. The Bertz CT molecular complexity index is 157. The van der Waals surface area contributed by atoms with Crippen LogP contribution in [0.25, 0.3) is 0 Å². The highest BCUT2D eigenvalue weighted by molar-refractivity contribution is 7.85. The zero-order valence-corrected chi connectivity index (χ0v) is 10.3. The highest BCUT2D eigenvalue weighted by Crippen LogP contribution is 2.06. The van der Waals surface area contributed by atoms with Gasteiger partial charge >= 0.3 is 0 Å². The van der Waals surface area contributed by atoms with Crippen LogP contribution in [0.15, 0.2) is 0 Å². The molecule has 0 saturated carbocycles. The molecule has 0 saturated heterocycles. The van der Waals surface area contributed by atoms with Gasteiger partial charge in [-0.25, -0.2) is 0 Å². The van der Waals surface area contributed by atoms with Gasteiger partial charge in [-0.3, -0.25) is 4.21 Å². The van der Waals surface area contributed by atoms with Crippen LogP contribution in [0.2, 0.25) is 0 Å². The molecule has 0 aliphatic heterocycles. The standard InChI is InChI=1S/C10H23NOS/c1-6-11-10(8(2)3)7-13(12)9(4)5/h8-11H,6-7H2,1-5H3. The van der Waals surface area contributed by atoms with E-state index in [1.807, 2.05) is 13.8 Å². The van der Waals surface area contributed by atoms with E-state index in [-0.39, 0.29) is 5.25 Å². The van der Waals surface area contributed by atoms with Crippen molar-refractivity contribution in [3.63, 3.8) is 0 Å². The van der Waals surface area contributed by atoms with Gasteiger partial charge in [0.25, 0.3) is 0 Å². The van der Waals surface area contributed by atoms with Gasteiger partial charge in [0.15, 0.2) is 0 Å². The number of hydrogen-bond donors (Lipinski definition) is 1. The van der Waals surface area contributed by atoms with E-state index in [4.69, 9.17) is 0 Å². The molecule has 1 N–H and O–H groups in total. The van der Waals surface area contributed by atoms with E-state index in [0.717, 1.165) is 12.3 Å². The van der Waals surface area contributed by atoms with E-state index in [1.54, 1.807) is 0 Å². The molecule has 0 heterocycles. The smallest absolute Gasteiger partial charge is 0.0393 e. The zero-order chi connectivity index (χ0) is 10.4. The molecule has 0 amide bonds. The molecule has 0 spiro atoms. The highest BCUT2D eigenvalue weighted by atomic mass is 32.2. The van der Waals surface area contributed by atoms with Crippen LogP contribution in [0.3, 0.4) is 0 Å². The van der Waals surface area contributed by atoms with Crippen LogP contribution in [0, 0.1) is 5.92 Å². The van der Waals surface area contributed by atoms with Crippen LogP contribution in [0.1, 0.15) is 34.6 Å². The normalized spacial score (nSPS) is 16.5. The number of nitrogens with one attached hydrogen (secondary N) is 1. The fraction of sp³-hybridized carbons (Fsp3) is 1.00. The van der Waals surface area contributed by atoms with E-state index in [2.05, 4.69) is 26.1 Å². The molecule has 0 aliphatic carbocycles. The predicted octanol–water partition coefficient (Wildman–Crippen LogP) is 1.78. The van der Waals surface area contributed by atoms with Crippen molar-refractivity contribution >= 4 is 10.8 Å². The summed E-state index contributed by atoms with van der Waals surface area (Å²) in [6, 6.07) is 0.397. The van der Waals surface area contributed by atoms with Gasteiger partial charge in [0, 0.05) is 27.8 Å². The van der Waals surface area contributed by atoms with Crippen LogP contribution >= 0.6 is 0 Å². The third-order valence-electron chi connectivity index (χ3n) is 2.14. The molecule has 3 heteroatoms. The fourth-order valence-electron chi connectivity index (χ4n) is 1.12. The molecule has 2 atom stereocenters. The van der Waals surface area contributed by atoms with Crippen LogP contribution in [-0.2, 0) is 10.8 Å². The molecule has 80 valence electrons. The third kappa shape index (κ3) is 5.42. The fourth-order valence-corrected chi connectivity index (χ4v) is 2.36. The Morgan fingerprint density at radius 2 is 1.77 bits per heavy atom. The largest absolute Gasteiger partial charge is 0.313 e. The SMILES string of the molecule is CCNC(CS(=O)C(C)C)C(C)C. The third-order valence-corrected chi connectivity index (χ3v) is 3.88. The summed E-state index contributed by atoms with van der Waals surface area (Å²) in [6.07, 6.45) is 0. The van der Waals surface area contributed by atoms with E-state index in [9.17, 15) is 4.21 Å². The zero-order valence-electron chi connectivity index (χ0n) is 9.46. The van der Waals surface area contributed by atoms with Crippen LogP contribution in [0.5, 0.6) is 0 Å². The Morgan fingerprint density at radius 1 is 1.23 bits per heavy atom. The monoisotopic (exact) mass is 205 g/mol. The highest BCUT2D eigenvalue weighted by Gasteiger charge is 2.16. The van der Waals surface area contributed by atoms with Gasteiger partial charge in [0.05, 0.1) is 0 Å². The number of rotatable bonds is 6. The topological polar surface area (TPSA) is 29.1 Å². The van der Waals surface area contributed by atoms with Crippen molar-refractivity contribution in [1.82, 2.24) is 5.32 Å². The summed E-state index contributed by atoms with van der Waals surface area (Å²) in [5.74, 6) is 1.34. The van der Waals surface area contributed by atoms with E-state index in [1.165, 1.54) is 0 Å². The Balaban J connectivity index is 4.02. The van der Waals surface area contributed by atoms with Gasteiger partial charge in [-0.15, -0.1) is 0 Å². The van der Waals surface area contributed by atoms with Gasteiger partial charge in [-0.1, -0.05) is 34.6 Å². The Labute approximate surface area is 84.9 Å². The average molecular weight is 205 g/mol. The van der Waals surface area contributed by atoms with Crippen LogP contribution in [0.4, 0.5) is 0 Å². The van der Waals surface area contributed by atoms with Gasteiger partial charge in [0.2, 0.25) is 0 Å². The van der Waals surface area contributed by atoms with Crippen molar-refractivity contribution < 1.29 is 4.21 Å². The maximum atomic E-state index is 11.6. The second kappa shape index (κ2) is 6.55. The molecule has 0 aliphatic rings. The lowest BCUT2D eigenvalue weighted by Gasteiger charge is -2.22. The van der Waals surface area contributed by atoms with Gasteiger partial charge in [-0.2, -0.15) is 0 Å². The molecule has 0 aromatic carbocycles. The van der Waals surface area contributed by atoms with E-state index >= 15 is 0 Å². The summed E-state index contributed by atoms with van der Waals surface area (Å²) in [5.41, 5.74) is 0. The predicted molar refractivity (Wildman–Crippen MR) is 60.4 cm³/mol. The van der Waals surface area contributed by atoms with Crippen molar-refractivity contribution in [3.05, 3.63) is 0 Å². The minimum Gasteiger partial charge on any atom is -0.313 e. The lowest BCUT2D eigenvalue weighted by atomic mass is 10.1. The van der Waals surface area contributed by atoms with Gasteiger partial charge in [0.1, 0.15) is 0 Å². The molecule has 13 heavy (non-hydrogen) atoms. The summed E-state index contributed by atoms with van der Waals surface area (Å²) in [5, 5.41) is 3.65. The molecule has 0 bridgehead atoms.